The molecule has 0 bridgehead atoms. The summed E-state index contributed by atoms with van der Waals surface area (Å²) in [4.78, 5) is 14.3. The fourth-order valence-corrected chi connectivity index (χ4v) is 4.16. The molecule has 0 spiro atoms. The maximum absolute atomic E-state index is 13.2. The van der Waals surface area contributed by atoms with Crippen LogP contribution in [-0.2, 0) is 0 Å². The smallest absolute Gasteiger partial charge is 0.276 e. The Labute approximate surface area is 166 Å². The molecule has 2 heterocycles. The van der Waals surface area contributed by atoms with Gasteiger partial charge in [0, 0.05) is 16.9 Å². The molecule has 1 aliphatic heterocycles. The number of amides is 1. The van der Waals surface area contributed by atoms with Crippen molar-refractivity contribution in [3.8, 4) is 5.75 Å². The number of ether oxygens (including phenoxy) is 1. The molecule has 0 saturated carbocycles. The zero-order valence-electron chi connectivity index (χ0n) is 14.6. The van der Waals surface area contributed by atoms with Crippen LogP contribution < -0.4 is 4.74 Å². The van der Waals surface area contributed by atoms with Crippen molar-refractivity contribution < 1.29 is 9.53 Å². The van der Waals surface area contributed by atoms with Gasteiger partial charge in [-0.2, -0.15) is 5.10 Å². The summed E-state index contributed by atoms with van der Waals surface area (Å²) in [7, 11) is 1.64. The second kappa shape index (κ2) is 7.55. The first-order valence-corrected chi connectivity index (χ1v) is 9.76. The van der Waals surface area contributed by atoms with E-state index < -0.39 is 0 Å². The molecule has 1 atom stereocenters. The van der Waals surface area contributed by atoms with Gasteiger partial charge in [-0.1, -0.05) is 41.9 Å². The highest BCUT2D eigenvalue weighted by molar-refractivity contribution is 7.10. The molecule has 3 aromatic rings. The number of benzene rings is 2. The fraction of sp³-hybridized carbons (Fsp3) is 0.143. The van der Waals surface area contributed by atoms with E-state index in [0.717, 1.165) is 21.9 Å². The molecular formula is C21H17ClN2O2S. The zero-order chi connectivity index (χ0) is 18.8. The van der Waals surface area contributed by atoms with Crippen molar-refractivity contribution in [1.29, 1.82) is 0 Å². The highest BCUT2D eigenvalue weighted by Gasteiger charge is 2.35. The minimum atomic E-state index is -0.197. The van der Waals surface area contributed by atoms with Gasteiger partial charge in [0.2, 0.25) is 0 Å². The molecule has 0 aliphatic carbocycles. The van der Waals surface area contributed by atoms with E-state index in [2.05, 4.69) is 5.10 Å². The number of carbonyl (C=O) groups is 1. The average molecular weight is 397 g/mol. The van der Waals surface area contributed by atoms with Crippen LogP contribution >= 0.6 is 22.9 Å². The molecule has 0 radical (unpaired) electrons. The van der Waals surface area contributed by atoms with E-state index in [1.54, 1.807) is 35.6 Å². The van der Waals surface area contributed by atoms with E-state index in [1.165, 1.54) is 0 Å². The predicted molar refractivity (Wildman–Crippen MR) is 109 cm³/mol. The van der Waals surface area contributed by atoms with Crippen molar-refractivity contribution >= 4 is 34.6 Å². The number of hydrogen-bond acceptors (Lipinski definition) is 4. The first-order chi connectivity index (χ1) is 13.2. The lowest BCUT2D eigenvalue weighted by atomic mass is 10.0. The summed E-state index contributed by atoms with van der Waals surface area (Å²) in [5.41, 5.74) is 2.26. The standard InChI is InChI=1S/C21H17ClN2O2S/c1-26-15-7-4-6-14(12-15)18-13-19(20-10-5-11-27-20)24(23-18)21(25)16-8-2-3-9-17(16)22/h2-12,19H,13H2,1H3. The largest absolute Gasteiger partial charge is 0.497 e. The lowest BCUT2D eigenvalue weighted by Gasteiger charge is -2.21. The van der Waals surface area contributed by atoms with Crippen LogP contribution in [0.15, 0.2) is 71.1 Å². The van der Waals surface area contributed by atoms with Gasteiger partial charge in [0.15, 0.2) is 0 Å². The van der Waals surface area contributed by atoms with E-state index >= 15 is 0 Å². The number of halogens is 1. The Kier molecular flexibility index (Phi) is 4.97. The van der Waals surface area contributed by atoms with Crippen molar-refractivity contribution in [2.45, 2.75) is 12.5 Å². The summed E-state index contributed by atoms with van der Waals surface area (Å²) < 4.78 is 5.32. The van der Waals surface area contributed by atoms with Crippen LogP contribution in [0.25, 0.3) is 0 Å². The van der Waals surface area contributed by atoms with Gasteiger partial charge < -0.3 is 4.74 Å². The first-order valence-electron chi connectivity index (χ1n) is 8.51. The number of thiophene rings is 1. The number of nitrogens with zero attached hydrogens (tertiary/aromatic N) is 2. The topological polar surface area (TPSA) is 41.9 Å². The Morgan fingerprint density at radius 3 is 2.78 bits per heavy atom. The molecule has 0 N–H and O–H groups in total. The summed E-state index contributed by atoms with van der Waals surface area (Å²) in [6, 6.07) is 18.7. The lowest BCUT2D eigenvalue weighted by molar-refractivity contribution is 0.0714. The van der Waals surface area contributed by atoms with Crippen LogP contribution in [0.3, 0.4) is 0 Å². The van der Waals surface area contributed by atoms with Crippen molar-refractivity contribution in [3.05, 3.63) is 87.1 Å². The van der Waals surface area contributed by atoms with Crippen LogP contribution in [0.1, 0.15) is 33.3 Å². The quantitative estimate of drug-likeness (QED) is 0.592. The van der Waals surface area contributed by atoms with Gasteiger partial charge in [0.05, 0.1) is 29.4 Å². The number of methoxy groups -OCH3 is 1. The zero-order valence-corrected chi connectivity index (χ0v) is 16.2. The maximum atomic E-state index is 13.2. The highest BCUT2D eigenvalue weighted by Crippen LogP contribution is 2.37. The predicted octanol–water partition coefficient (Wildman–Crippen LogP) is 5.40. The van der Waals surface area contributed by atoms with E-state index in [0.29, 0.717) is 17.0 Å². The van der Waals surface area contributed by atoms with Gasteiger partial charge in [-0.15, -0.1) is 11.3 Å². The van der Waals surface area contributed by atoms with Crippen molar-refractivity contribution in [2.75, 3.05) is 7.11 Å². The van der Waals surface area contributed by atoms with Crippen LogP contribution in [-0.4, -0.2) is 23.7 Å². The minimum absolute atomic E-state index is 0.144. The Morgan fingerprint density at radius 1 is 1.19 bits per heavy atom. The summed E-state index contributed by atoms with van der Waals surface area (Å²) >= 11 is 7.87. The Balaban J connectivity index is 1.74. The van der Waals surface area contributed by atoms with Gasteiger partial charge in [-0.3, -0.25) is 4.79 Å². The van der Waals surface area contributed by atoms with Crippen LogP contribution in [0.5, 0.6) is 5.75 Å². The summed E-state index contributed by atoms with van der Waals surface area (Å²) in [6.07, 6.45) is 0.643. The number of hydrazone groups is 1. The number of hydrogen-bond donors (Lipinski definition) is 0. The molecule has 1 aromatic heterocycles. The molecule has 27 heavy (non-hydrogen) atoms. The lowest BCUT2D eigenvalue weighted by Crippen LogP contribution is -2.26. The maximum Gasteiger partial charge on any atom is 0.276 e. The second-order valence-corrected chi connectivity index (χ2v) is 7.53. The Bertz CT molecular complexity index is 1000. The molecule has 1 unspecified atom stereocenters. The van der Waals surface area contributed by atoms with Gasteiger partial charge in [-0.25, -0.2) is 5.01 Å². The monoisotopic (exact) mass is 396 g/mol. The average Bonchev–Trinajstić information content (AvgIpc) is 3.37. The highest BCUT2D eigenvalue weighted by atomic mass is 35.5. The molecule has 136 valence electrons. The van der Waals surface area contributed by atoms with Gasteiger partial charge in [-0.05, 0) is 35.7 Å². The van der Waals surface area contributed by atoms with E-state index in [1.807, 2.05) is 53.9 Å². The van der Waals surface area contributed by atoms with Gasteiger partial charge in [0.25, 0.3) is 5.91 Å². The number of carbonyl (C=O) groups excluding carboxylic acids is 1. The van der Waals surface area contributed by atoms with Gasteiger partial charge in [0.1, 0.15) is 5.75 Å². The molecular weight excluding hydrogens is 380 g/mol. The van der Waals surface area contributed by atoms with Crippen LogP contribution in [0.2, 0.25) is 5.02 Å². The van der Waals surface area contributed by atoms with E-state index in [4.69, 9.17) is 16.3 Å². The van der Waals surface area contributed by atoms with E-state index in [-0.39, 0.29) is 11.9 Å². The molecule has 0 fully saturated rings. The first kappa shape index (κ1) is 17.8. The Morgan fingerprint density at radius 2 is 2.04 bits per heavy atom. The van der Waals surface area contributed by atoms with Crippen LogP contribution in [0.4, 0.5) is 0 Å². The third-order valence-electron chi connectivity index (χ3n) is 4.50. The SMILES string of the molecule is COc1cccc(C2=NN(C(=O)c3ccccc3Cl)C(c3cccs3)C2)c1. The van der Waals surface area contributed by atoms with Crippen LogP contribution in [0, 0.1) is 0 Å². The summed E-state index contributed by atoms with van der Waals surface area (Å²) in [5.74, 6) is 0.565. The Hall–Kier alpha value is -2.63. The summed E-state index contributed by atoms with van der Waals surface area (Å²) in [5, 5.41) is 8.68. The number of rotatable bonds is 4. The normalized spacial score (nSPS) is 16.3. The minimum Gasteiger partial charge on any atom is -0.497 e. The second-order valence-electron chi connectivity index (χ2n) is 6.14. The van der Waals surface area contributed by atoms with Crippen molar-refractivity contribution in [2.24, 2.45) is 5.10 Å². The fourth-order valence-electron chi connectivity index (χ4n) is 3.14. The third-order valence-corrected chi connectivity index (χ3v) is 5.80. The third kappa shape index (κ3) is 3.48. The van der Waals surface area contributed by atoms with Gasteiger partial charge >= 0.3 is 0 Å². The molecule has 0 saturated heterocycles. The van der Waals surface area contributed by atoms with Crippen molar-refractivity contribution in [3.63, 3.8) is 0 Å². The molecule has 4 nitrogen and oxygen atoms in total. The molecule has 6 heteroatoms. The van der Waals surface area contributed by atoms with Crippen molar-refractivity contribution in [1.82, 2.24) is 5.01 Å². The van der Waals surface area contributed by atoms with E-state index in [9.17, 15) is 4.79 Å². The molecule has 1 amide bonds. The molecule has 2 aromatic carbocycles. The molecule has 4 rings (SSSR count). The molecule has 1 aliphatic rings. The summed E-state index contributed by atoms with van der Waals surface area (Å²) in [6.45, 7) is 0.